The second-order valence-corrected chi connectivity index (χ2v) is 10.4. The minimum absolute atomic E-state index is 0.0388. The molecule has 0 radical (unpaired) electrons. The molecule has 2 heterocycles. The summed E-state index contributed by atoms with van der Waals surface area (Å²) in [6.07, 6.45) is 2.62. The van der Waals surface area contributed by atoms with Gasteiger partial charge < -0.3 is 5.32 Å². The van der Waals surface area contributed by atoms with Crippen LogP contribution in [0.5, 0.6) is 0 Å². The van der Waals surface area contributed by atoms with Gasteiger partial charge in [-0.2, -0.15) is 9.40 Å². The fraction of sp³-hybridized carbons (Fsp3) is 0.308. The van der Waals surface area contributed by atoms with E-state index < -0.39 is 10.0 Å². The van der Waals surface area contributed by atoms with Crippen molar-refractivity contribution in [3.8, 4) is 5.69 Å². The molecule has 4 rings (SSSR count). The summed E-state index contributed by atoms with van der Waals surface area (Å²) in [6, 6.07) is 19.2. The number of aryl methyl sites for hydroxylation is 1. The number of benzene rings is 2. The molecule has 2 aromatic carbocycles. The number of rotatable bonds is 7. The predicted molar refractivity (Wildman–Crippen MR) is 134 cm³/mol. The molecule has 0 unspecified atom stereocenters. The summed E-state index contributed by atoms with van der Waals surface area (Å²) in [5.41, 5.74) is 4.70. The molecule has 0 atom stereocenters. The van der Waals surface area contributed by atoms with Crippen molar-refractivity contribution in [2.75, 3.05) is 13.1 Å². The summed E-state index contributed by atoms with van der Waals surface area (Å²) in [5, 5.41) is 8.92. The van der Waals surface area contributed by atoms with Crippen LogP contribution < -0.4 is 5.32 Å². The van der Waals surface area contributed by atoms with Gasteiger partial charge in [-0.25, -0.2) is 13.1 Å². The number of piperidine rings is 1. The van der Waals surface area contributed by atoms with E-state index in [-0.39, 0.29) is 11.8 Å². The highest BCUT2D eigenvalue weighted by molar-refractivity contribution is 7.92. The lowest BCUT2D eigenvalue weighted by molar-refractivity contribution is -0.126. The Hall–Kier alpha value is -3.23. The van der Waals surface area contributed by atoms with Gasteiger partial charge in [0, 0.05) is 42.2 Å². The van der Waals surface area contributed by atoms with Crippen LogP contribution in [-0.2, 0) is 21.4 Å². The van der Waals surface area contributed by atoms with Gasteiger partial charge in [0.05, 0.1) is 11.4 Å². The maximum Gasteiger partial charge on any atom is 0.236 e. The smallest absolute Gasteiger partial charge is 0.236 e. The summed E-state index contributed by atoms with van der Waals surface area (Å²) in [4.78, 5) is 12.8. The normalized spacial score (nSPS) is 15.6. The van der Waals surface area contributed by atoms with Crippen LogP contribution in [0.25, 0.3) is 11.8 Å². The number of nitrogens with zero attached hydrogens (tertiary/aromatic N) is 3. The van der Waals surface area contributed by atoms with E-state index in [2.05, 4.69) is 10.4 Å². The fourth-order valence-corrected chi connectivity index (χ4v) is 5.48. The predicted octanol–water partition coefficient (Wildman–Crippen LogP) is 3.82. The van der Waals surface area contributed by atoms with Gasteiger partial charge in [-0.15, -0.1) is 0 Å². The quantitative estimate of drug-likeness (QED) is 0.560. The third-order valence-electron chi connectivity index (χ3n) is 6.30. The molecular weight excluding hydrogens is 448 g/mol. The van der Waals surface area contributed by atoms with Crippen LogP contribution in [0.15, 0.2) is 66.1 Å². The van der Waals surface area contributed by atoms with Gasteiger partial charge >= 0.3 is 0 Å². The topological polar surface area (TPSA) is 84.3 Å². The maximum atomic E-state index is 12.8. The van der Waals surface area contributed by atoms with Crippen molar-refractivity contribution in [3.63, 3.8) is 0 Å². The largest absolute Gasteiger partial charge is 0.352 e. The lowest BCUT2D eigenvalue weighted by atomic mass is 9.97. The van der Waals surface area contributed by atoms with Crippen molar-refractivity contribution in [2.24, 2.45) is 5.92 Å². The molecule has 0 saturated carbocycles. The molecule has 1 amide bonds. The zero-order valence-electron chi connectivity index (χ0n) is 19.5. The van der Waals surface area contributed by atoms with Crippen LogP contribution in [0.4, 0.5) is 0 Å². The summed E-state index contributed by atoms with van der Waals surface area (Å²) in [5.74, 6) is -0.238. The highest BCUT2D eigenvalue weighted by Crippen LogP contribution is 2.22. The maximum absolute atomic E-state index is 12.8. The van der Waals surface area contributed by atoms with Crippen LogP contribution in [-0.4, -0.2) is 41.5 Å². The molecule has 7 nitrogen and oxygen atoms in total. The van der Waals surface area contributed by atoms with Crippen molar-refractivity contribution >= 4 is 22.0 Å². The minimum atomic E-state index is -3.51. The average Bonchev–Trinajstić information content (AvgIpc) is 3.15. The molecule has 1 aromatic heterocycles. The number of aromatic nitrogens is 2. The van der Waals surface area contributed by atoms with Crippen LogP contribution in [0, 0.1) is 19.8 Å². The highest BCUT2D eigenvalue weighted by atomic mass is 32.2. The Kier molecular flexibility index (Phi) is 7.29. The zero-order chi connectivity index (χ0) is 24.1. The van der Waals surface area contributed by atoms with Crippen molar-refractivity contribution in [1.29, 1.82) is 0 Å². The number of hydrogen-bond acceptors (Lipinski definition) is 4. The second kappa shape index (κ2) is 10.4. The van der Waals surface area contributed by atoms with Crippen molar-refractivity contribution in [1.82, 2.24) is 19.4 Å². The molecule has 0 bridgehead atoms. The van der Waals surface area contributed by atoms with E-state index in [1.165, 1.54) is 9.71 Å². The van der Waals surface area contributed by atoms with E-state index in [0.29, 0.717) is 32.5 Å². The van der Waals surface area contributed by atoms with Gasteiger partial charge in [-0.05, 0) is 50.5 Å². The van der Waals surface area contributed by atoms with Gasteiger partial charge in [-0.1, -0.05) is 48.5 Å². The molecule has 178 valence electrons. The molecule has 8 heteroatoms. The summed E-state index contributed by atoms with van der Waals surface area (Å²) >= 11 is 0. The first-order valence-electron chi connectivity index (χ1n) is 11.5. The molecule has 1 saturated heterocycles. The van der Waals surface area contributed by atoms with E-state index >= 15 is 0 Å². The molecule has 1 fully saturated rings. The third kappa shape index (κ3) is 5.46. The number of para-hydroxylation sites is 1. The van der Waals surface area contributed by atoms with E-state index in [1.54, 1.807) is 6.08 Å². The molecule has 1 aliphatic heterocycles. The fourth-order valence-electron chi connectivity index (χ4n) is 4.26. The SMILES string of the molecule is Cc1nn(-c2ccccc2)c(C)c1CNC(=O)C1CCN(S(=O)(=O)/C=C/c2ccccc2)CC1. The second-order valence-electron chi connectivity index (χ2n) is 8.55. The van der Waals surface area contributed by atoms with E-state index in [9.17, 15) is 13.2 Å². The van der Waals surface area contributed by atoms with Gasteiger partial charge in [0.2, 0.25) is 15.9 Å². The van der Waals surface area contributed by atoms with Crippen LogP contribution >= 0.6 is 0 Å². The Balaban J connectivity index is 1.32. The Morgan fingerprint density at radius 3 is 2.29 bits per heavy atom. The molecule has 3 aromatic rings. The first kappa shape index (κ1) is 23.9. The number of nitrogens with one attached hydrogen (secondary N) is 1. The van der Waals surface area contributed by atoms with Gasteiger partial charge in [-0.3, -0.25) is 4.79 Å². The Morgan fingerprint density at radius 2 is 1.65 bits per heavy atom. The Bertz CT molecular complexity index is 1260. The number of amides is 1. The number of carbonyl (C=O) groups is 1. The monoisotopic (exact) mass is 478 g/mol. The number of hydrogen-bond donors (Lipinski definition) is 1. The van der Waals surface area contributed by atoms with Crippen LogP contribution in [0.3, 0.4) is 0 Å². The van der Waals surface area contributed by atoms with Gasteiger partial charge in [0.25, 0.3) is 0 Å². The Labute approximate surface area is 201 Å². The molecule has 0 aliphatic carbocycles. The number of sulfonamides is 1. The summed E-state index contributed by atoms with van der Waals surface area (Å²) < 4.78 is 28.7. The van der Waals surface area contributed by atoms with E-state index in [0.717, 1.165) is 28.2 Å². The molecule has 1 aliphatic rings. The molecule has 1 N–H and O–H groups in total. The van der Waals surface area contributed by atoms with Crippen molar-refractivity contribution in [2.45, 2.75) is 33.2 Å². The van der Waals surface area contributed by atoms with Crippen molar-refractivity contribution in [3.05, 3.63) is 88.6 Å². The van der Waals surface area contributed by atoms with Crippen molar-refractivity contribution < 1.29 is 13.2 Å². The summed E-state index contributed by atoms with van der Waals surface area (Å²) in [7, 11) is -3.51. The number of carbonyl (C=O) groups excluding carboxylic acids is 1. The zero-order valence-corrected chi connectivity index (χ0v) is 20.3. The summed E-state index contributed by atoms with van der Waals surface area (Å²) in [6.45, 7) is 5.02. The standard InChI is InChI=1S/C26H30N4O3S/c1-20-25(21(2)30(28-20)24-11-7-4-8-12-24)19-27-26(31)23-13-16-29(17-14-23)34(32,33)18-15-22-9-5-3-6-10-22/h3-12,15,18,23H,13-14,16-17,19H2,1-2H3,(H,27,31)/b18-15+. The lowest BCUT2D eigenvalue weighted by Gasteiger charge is -2.29. The van der Waals surface area contributed by atoms with Crippen LogP contribution in [0.2, 0.25) is 0 Å². The van der Waals surface area contributed by atoms with Crippen LogP contribution in [0.1, 0.15) is 35.4 Å². The minimum Gasteiger partial charge on any atom is -0.352 e. The molecule has 0 spiro atoms. The first-order chi connectivity index (χ1) is 16.3. The van der Waals surface area contributed by atoms with Gasteiger partial charge in [0.15, 0.2) is 0 Å². The average molecular weight is 479 g/mol. The molecular formula is C26H30N4O3S. The van der Waals surface area contributed by atoms with E-state index in [1.807, 2.05) is 79.2 Å². The Morgan fingerprint density at radius 1 is 1.03 bits per heavy atom. The first-order valence-corrected chi connectivity index (χ1v) is 13.0. The molecule has 34 heavy (non-hydrogen) atoms. The lowest BCUT2D eigenvalue weighted by Crippen LogP contribution is -2.42. The third-order valence-corrected chi connectivity index (χ3v) is 7.86. The van der Waals surface area contributed by atoms with Gasteiger partial charge in [0.1, 0.15) is 0 Å². The highest BCUT2D eigenvalue weighted by Gasteiger charge is 2.30. The van der Waals surface area contributed by atoms with E-state index in [4.69, 9.17) is 0 Å².